The quantitative estimate of drug-likeness (QED) is 0.596. The number of hydrogen-bond acceptors (Lipinski definition) is 4. The van der Waals surface area contributed by atoms with Crippen molar-refractivity contribution >= 4 is 21.6 Å². The van der Waals surface area contributed by atoms with Crippen LogP contribution in [0.3, 0.4) is 0 Å². The van der Waals surface area contributed by atoms with E-state index in [4.69, 9.17) is 4.42 Å². The lowest BCUT2D eigenvalue weighted by molar-refractivity contribution is -0.111. The van der Waals surface area contributed by atoms with Crippen LogP contribution < -0.4 is 10.0 Å². The van der Waals surface area contributed by atoms with Crippen LogP contribution in [0.1, 0.15) is 12.7 Å². The van der Waals surface area contributed by atoms with Crippen LogP contribution in [0.5, 0.6) is 0 Å². The Labute approximate surface area is 140 Å². The maximum Gasteiger partial charge on any atom is 0.248 e. The Bertz CT molecular complexity index is 837. The topological polar surface area (TPSA) is 88.4 Å². The molecule has 0 bridgehead atoms. The number of anilines is 1. The van der Waals surface area contributed by atoms with Gasteiger partial charge in [-0.1, -0.05) is 24.3 Å². The van der Waals surface area contributed by atoms with E-state index in [2.05, 4.69) is 10.0 Å². The zero-order chi connectivity index (χ0) is 17.4. The average Bonchev–Trinajstić information content (AvgIpc) is 3.07. The molecule has 1 amide bonds. The molecule has 1 aromatic carbocycles. The number of carbonyl (C=O) groups is 1. The van der Waals surface area contributed by atoms with E-state index in [1.54, 1.807) is 42.5 Å². The maximum atomic E-state index is 12.3. The molecule has 24 heavy (non-hydrogen) atoms. The third-order valence-electron chi connectivity index (χ3n) is 2.98. The molecule has 6 nitrogen and oxygen atoms in total. The van der Waals surface area contributed by atoms with Crippen molar-refractivity contribution < 1.29 is 17.6 Å². The van der Waals surface area contributed by atoms with Gasteiger partial charge in [0.2, 0.25) is 15.9 Å². The summed E-state index contributed by atoms with van der Waals surface area (Å²) in [5.74, 6) is 0.170. The minimum absolute atomic E-state index is 0.0536. The Hall–Kier alpha value is -2.64. The molecule has 2 rings (SSSR count). The summed E-state index contributed by atoms with van der Waals surface area (Å²) in [5.41, 5.74) is 0.394. The molecular formula is C17H18N2O4S. The standard InChI is InChI=1S/C17H18N2O4S/c1-2-3-4-10-17(20)19-14-7-5-9-16(12-14)24(21,22)18-13-15-8-6-11-23-15/h2-12,18H,13H2,1H3,(H,19,20)/b3-2+,10-4+. The lowest BCUT2D eigenvalue weighted by Crippen LogP contribution is -2.23. The lowest BCUT2D eigenvalue weighted by atomic mass is 10.3. The molecule has 0 saturated heterocycles. The van der Waals surface area contributed by atoms with Crippen molar-refractivity contribution in [2.24, 2.45) is 0 Å². The smallest absolute Gasteiger partial charge is 0.248 e. The van der Waals surface area contributed by atoms with Gasteiger partial charge in [-0.2, -0.15) is 0 Å². The van der Waals surface area contributed by atoms with Crippen molar-refractivity contribution in [1.29, 1.82) is 0 Å². The number of nitrogens with one attached hydrogen (secondary N) is 2. The highest BCUT2D eigenvalue weighted by molar-refractivity contribution is 7.89. The summed E-state index contributed by atoms with van der Waals surface area (Å²) in [6, 6.07) is 9.39. The van der Waals surface area contributed by atoms with Crippen LogP contribution in [0.25, 0.3) is 0 Å². The minimum atomic E-state index is -3.71. The second-order valence-electron chi connectivity index (χ2n) is 4.81. The van der Waals surface area contributed by atoms with Gasteiger partial charge in [0.1, 0.15) is 5.76 Å². The molecule has 0 fully saturated rings. The second-order valence-corrected chi connectivity index (χ2v) is 6.57. The Morgan fingerprint density at radius 1 is 1.21 bits per heavy atom. The monoisotopic (exact) mass is 346 g/mol. The molecule has 126 valence electrons. The Morgan fingerprint density at radius 3 is 2.75 bits per heavy atom. The number of benzene rings is 1. The van der Waals surface area contributed by atoms with E-state index in [1.165, 1.54) is 24.5 Å². The fraction of sp³-hybridized carbons (Fsp3) is 0.118. The highest BCUT2D eigenvalue weighted by Gasteiger charge is 2.15. The SMILES string of the molecule is C/C=C/C=C/C(=O)Nc1cccc(S(=O)(=O)NCc2ccco2)c1. The zero-order valence-electron chi connectivity index (χ0n) is 13.1. The maximum absolute atomic E-state index is 12.3. The fourth-order valence-corrected chi connectivity index (χ4v) is 2.88. The van der Waals surface area contributed by atoms with E-state index in [9.17, 15) is 13.2 Å². The summed E-state index contributed by atoms with van der Waals surface area (Å²) in [6.07, 6.45) is 7.94. The van der Waals surface area contributed by atoms with Crippen molar-refractivity contribution in [3.05, 3.63) is 72.7 Å². The Balaban J connectivity index is 2.06. The van der Waals surface area contributed by atoms with E-state index in [0.717, 1.165) is 0 Å². The normalized spacial score (nSPS) is 12.0. The molecule has 0 saturated carbocycles. The van der Waals surface area contributed by atoms with Crippen molar-refractivity contribution in [3.8, 4) is 0 Å². The van der Waals surface area contributed by atoms with Crippen LogP contribution in [0.2, 0.25) is 0 Å². The zero-order valence-corrected chi connectivity index (χ0v) is 13.9. The molecule has 0 spiro atoms. The minimum Gasteiger partial charge on any atom is -0.468 e. The Morgan fingerprint density at radius 2 is 2.04 bits per heavy atom. The number of amides is 1. The molecule has 7 heteroatoms. The summed E-state index contributed by atoms with van der Waals surface area (Å²) < 4.78 is 32.1. The van der Waals surface area contributed by atoms with E-state index in [0.29, 0.717) is 11.4 Å². The molecule has 0 atom stereocenters. The van der Waals surface area contributed by atoms with Crippen molar-refractivity contribution in [1.82, 2.24) is 4.72 Å². The van der Waals surface area contributed by atoms with Gasteiger partial charge < -0.3 is 9.73 Å². The van der Waals surface area contributed by atoms with Gasteiger partial charge in [0, 0.05) is 11.8 Å². The summed E-state index contributed by atoms with van der Waals surface area (Å²) in [7, 11) is -3.71. The van der Waals surface area contributed by atoms with Gasteiger partial charge >= 0.3 is 0 Å². The van der Waals surface area contributed by atoms with Crippen LogP contribution in [0.15, 0.2) is 76.3 Å². The Kier molecular flexibility index (Phi) is 6.11. The molecular weight excluding hydrogens is 328 g/mol. The van der Waals surface area contributed by atoms with E-state index in [-0.39, 0.29) is 17.3 Å². The third-order valence-corrected chi connectivity index (χ3v) is 4.38. The average molecular weight is 346 g/mol. The summed E-state index contributed by atoms with van der Waals surface area (Å²) in [5, 5.41) is 2.61. The summed E-state index contributed by atoms with van der Waals surface area (Å²) in [6.45, 7) is 1.89. The highest BCUT2D eigenvalue weighted by Crippen LogP contribution is 2.16. The molecule has 1 aromatic heterocycles. The molecule has 0 aliphatic heterocycles. The molecule has 0 aliphatic rings. The van der Waals surface area contributed by atoms with Crippen molar-refractivity contribution in [2.75, 3.05) is 5.32 Å². The number of allylic oxidation sites excluding steroid dienone is 3. The van der Waals surface area contributed by atoms with Gasteiger partial charge in [-0.3, -0.25) is 4.79 Å². The third kappa shape index (κ3) is 5.22. The predicted molar refractivity (Wildman–Crippen MR) is 91.8 cm³/mol. The molecule has 2 aromatic rings. The van der Waals surface area contributed by atoms with Gasteiger partial charge in [0.25, 0.3) is 0 Å². The van der Waals surface area contributed by atoms with Crippen LogP contribution in [-0.4, -0.2) is 14.3 Å². The second kappa shape index (κ2) is 8.28. The predicted octanol–water partition coefficient (Wildman–Crippen LogP) is 2.83. The number of furan rings is 1. The van der Waals surface area contributed by atoms with Crippen LogP contribution in [0.4, 0.5) is 5.69 Å². The number of sulfonamides is 1. The van der Waals surface area contributed by atoms with Gasteiger partial charge in [-0.15, -0.1) is 0 Å². The van der Waals surface area contributed by atoms with Gasteiger partial charge in [0.15, 0.2) is 0 Å². The first-order valence-electron chi connectivity index (χ1n) is 7.24. The van der Waals surface area contributed by atoms with Crippen LogP contribution >= 0.6 is 0 Å². The lowest BCUT2D eigenvalue weighted by Gasteiger charge is -2.08. The van der Waals surface area contributed by atoms with Crippen LogP contribution in [-0.2, 0) is 21.4 Å². The largest absolute Gasteiger partial charge is 0.468 e. The number of hydrogen-bond donors (Lipinski definition) is 2. The van der Waals surface area contributed by atoms with Gasteiger partial charge in [0.05, 0.1) is 17.7 Å². The van der Waals surface area contributed by atoms with Crippen LogP contribution in [0, 0.1) is 0 Å². The highest BCUT2D eigenvalue weighted by atomic mass is 32.2. The first-order chi connectivity index (χ1) is 11.5. The molecule has 2 N–H and O–H groups in total. The number of rotatable bonds is 7. The summed E-state index contributed by atoms with van der Waals surface area (Å²) in [4.78, 5) is 11.8. The first kappa shape index (κ1) is 17.7. The molecule has 0 unspecified atom stereocenters. The van der Waals surface area contributed by atoms with Crippen molar-refractivity contribution in [3.63, 3.8) is 0 Å². The van der Waals surface area contributed by atoms with E-state index >= 15 is 0 Å². The van der Waals surface area contributed by atoms with E-state index < -0.39 is 10.0 Å². The molecule has 0 aliphatic carbocycles. The van der Waals surface area contributed by atoms with Gasteiger partial charge in [-0.05, 0) is 37.3 Å². The molecule has 1 heterocycles. The van der Waals surface area contributed by atoms with Gasteiger partial charge in [-0.25, -0.2) is 13.1 Å². The number of carbonyl (C=O) groups excluding carboxylic acids is 1. The van der Waals surface area contributed by atoms with E-state index in [1.807, 2.05) is 6.92 Å². The molecule has 0 radical (unpaired) electrons. The first-order valence-corrected chi connectivity index (χ1v) is 8.72. The summed E-state index contributed by atoms with van der Waals surface area (Å²) >= 11 is 0. The van der Waals surface area contributed by atoms with Crippen molar-refractivity contribution in [2.45, 2.75) is 18.4 Å². The fourth-order valence-electron chi connectivity index (χ4n) is 1.84.